The Bertz CT molecular complexity index is 1100. The first-order chi connectivity index (χ1) is 12.8. The van der Waals surface area contributed by atoms with Crippen LogP contribution in [0.5, 0.6) is 0 Å². The first-order valence-electron chi connectivity index (χ1n) is 8.28. The molecular formula is C17H18N4O5S. The maximum Gasteiger partial charge on any atom is 0.262 e. The Kier molecular flexibility index (Phi) is 4.85. The van der Waals surface area contributed by atoms with E-state index in [1.807, 2.05) is 6.92 Å². The van der Waals surface area contributed by atoms with Gasteiger partial charge in [-0.15, -0.1) is 0 Å². The van der Waals surface area contributed by atoms with Gasteiger partial charge in [0.05, 0.1) is 16.8 Å². The third kappa shape index (κ3) is 3.24. The number of carbonyl (C=O) groups excluding carboxylic acids is 2. The molecule has 142 valence electrons. The minimum Gasteiger partial charge on any atom is -0.384 e. The molecule has 1 aromatic heterocycles. The summed E-state index contributed by atoms with van der Waals surface area (Å²) in [5.74, 6) is -1.74. The molecule has 9 nitrogen and oxygen atoms in total. The lowest BCUT2D eigenvalue weighted by molar-refractivity contribution is 0.0880. The maximum atomic E-state index is 12.7. The van der Waals surface area contributed by atoms with Gasteiger partial charge in [-0.3, -0.25) is 24.3 Å². The number of nitrogens with one attached hydrogen (secondary N) is 2. The van der Waals surface area contributed by atoms with Crippen molar-refractivity contribution >= 4 is 27.7 Å². The van der Waals surface area contributed by atoms with Crippen LogP contribution in [0.3, 0.4) is 0 Å². The maximum absolute atomic E-state index is 12.7. The number of rotatable bonds is 6. The van der Waals surface area contributed by atoms with Crippen LogP contribution in [0.4, 0.5) is 5.82 Å². The molecule has 0 spiro atoms. The predicted octanol–water partition coefficient (Wildman–Crippen LogP) is 0.382. The molecule has 0 saturated carbocycles. The zero-order valence-electron chi connectivity index (χ0n) is 14.5. The average molecular weight is 390 g/mol. The SMILES string of the molecule is CCCCNS(=O)(=O)c1ccccc1-n1c(N)c2c(cc1=O)C(=O)NC2=O. The van der Waals surface area contributed by atoms with Crippen molar-refractivity contribution in [1.29, 1.82) is 0 Å². The first-order valence-corrected chi connectivity index (χ1v) is 9.76. The van der Waals surface area contributed by atoms with Gasteiger partial charge in [0.15, 0.2) is 0 Å². The summed E-state index contributed by atoms with van der Waals surface area (Å²) in [6, 6.07) is 6.79. The lowest BCUT2D eigenvalue weighted by atomic mass is 10.1. The Hall–Kier alpha value is -2.98. The second kappa shape index (κ2) is 6.97. The number of aromatic nitrogens is 1. The molecule has 0 aliphatic carbocycles. The van der Waals surface area contributed by atoms with Crippen LogP contribution < -0.4 is 21.3 Å². The number of sulfonamides is 1. The number of amides is 2. The summed E-state index contributed by atoms with van der Waals surface area (Å²) < 4.78 is 28.7. The van der Waals surface area contributed by atoms with Gasteiger partial charge in [-0.05, 0) is 18.6 Å². The zero-order valence-corrected chi connectivity index (χ0v) is 15.3. The molecule has 3 rings (SSSR count). The Morgan fingerprint density at radius 2 is 1.85 bits per heavy atom. The number of carbonyl (C=O) groups is 2. The Morgan fingerprint density at radius 3 is 2.56 bits per heavy atom. The van der Waals surface area contributed by atoms with Crippen LogP contribution in [0, 0.1) is 0 Å². The number of nitrogens with two attached hydrogens (primary N) is 1. The average Bonchev–Trinajstić information content (AvgIpc) is 2.89. The molecule has 0 bridgehead atoms. The van der Waals surface area contributed by atoms with E-state index >= 15 is 0 Å². The molecule has 2 heterocycles. The highest BCUT2D eigenvalue weighted by Gasteiger charge is 2.32. The minimum atomic E-state index is -3.92. The van der Waals surface area contributed by atoms with Gasteiger partial charge in [0.1, 0.15) is 10.7 Å². The summed E-state index contributed by atoms with van der Waals surface area (Å²) in [6.07, 6.45) is 1.47. The molecule has 0 saturated heterocycles. The van der Waals surface area contributed by atoms with E-state index in [1.165, 1.54) is 18.2 Å². The number of nitrogens with zero attached hydrogens (tertiary/aromatic N) is 1. The van der Waals surface area contributed by atoms with E-state index in [0.29, 0.717) is 6.42 Å². The molecule has 1 aliphatic heterocycles. The first kappa shape index (κ1) is 18.8. The second-order valence-corrected chi connectivity index (χ2v) is 7.73. The Balaban J connectivity index is 2.20. The van der Waals surface area contributed by atoms with Gasteiger partial charge in [-0.1, -0.05) is 25.5 Å². The highest BCUT2D eigenvalue weighted by molar-refractivity contribution is 7.89. The van der Waals surface area contributed by atoms with Gasteiger partial charge >= 0.3 is 0 Å². The zero-order chi connectivity index (χ0) is 19.8. The molecular weight excluding hydrogens is 372 g/mol. The van der Waals surface area contributed by atoms with Gasteiger partial charge < -0.3 is 5.73 Å². The van der Waals surface area contributed by atoms with Gasteiger partial charge in [-0.25, -0.2) is 13.1 Å². The van der Waals surface area contributed by atoms with Crippen molar-refractivity contribution < 1.29 is 18.0 Å². The molecule has 1 aromatic carbocycles. The van der Waals surface area contributed by atoms with E-state index in [1.54, 1.807) is 6.07 Å². The van der Waals surface area contributed by atoms with Crippen LogP contribution in [0.25, 0.3) is 5.69 Å². The summed E-state index contributed by atoms with van der Waals surface area (Å²) in [5, 5.41) is 2.07. The molecule has 0 fully saturated rings. The normalized spacial score (nSPS) is 13.5. The van der Waals surface area contributed by atoms with E-state index < -0.39 is 27.4 Å². The molecule has 0 unspecified atom stereocenters. The van der Waals surface area contributed by atoms with Gasteiger partial charge in [-0.2, -0.15) is 0 Å². The van der Waals surface area contributed by atoms with Crippen LogP contribution in [0.2, 0.25) is 0 Å². The Morgan fingerprint density at radius 1 is 1.15 bits per heavy atom. The fourth-order valence-corrected chi connectivity index (χ4v) is 4.12. The van der Waals surface area contributed by atoms with Crippen LogP contribution in [-0.2, 0) is 10.0 Å². The number of benzene rings is 1. The molecule has 27 heavy (non-hydrogen) atoms. The van der Waals surface area contributed by atoms with Crippen molar-refractivity contribution in [2.45, 2.75) is 24.7 Å². The molecule has 0 atom stereocenters. The lowest BCUT2D eigenvalue weighted by Gasteiger charge is -2.16. The molecule has 0 radical (unpaired) electrons. The van der Waals surface area contributed by atoms with E-state index in [4.69, 9.17) is 5.73 Å². The van der Waals surface area contributed by atoms with Crippen molar-refractivity contribution in [3.63, 3.8) is 0 Å². The summed E-state index contributed by atoms with van der Waals surface area (Å²) >= 11 is 0. The Labute approximate surface area is 155 Å². The monoisotopic (exact) mass is 390 g/mol. The van der Waals surface area contributed by atoms with E-state index in [-0.39, 0.29) is 34.1 Å². The number of hydrogen-bond donors (Lipinski definition) is 3. The molecule has 10 heteroatoms. The van der Waals surface area contributed by atoms with Crippen molar-refractivity contribution in [1.82, 2.24) is 14.6 Å². The standard InChI is InChI=1S/C17H18N4O5S/c1-2-3-8-19-27(25,26)12-7-5-4-6-11(12)21-13(22)9-10-14(15(21)18)17(24)20-16(10)23/h4-7,9,19H,2-3,8,18H2,1H3,(H,20,23,24). The van der Waals surface area contributed by atoms with Crippen molar-refractivity contribution in [3.8, 4) is 5.69 Å². The third-order valence-electron chi connectivity index (χ3n) is 4.17. The summed E-state index contributed by atoms with van der Waals surface area (Å²) in [7, 11) is -3.92. The number of nitrogen functional groups attached to an aromatic ring is 1. The van der Waals surface area contributed by atoms with Gasteiger partial charge in [0.25, 0.3) is 17.4 Å². The number of imide groups is 1. The van der Waals surface area contributed by atoms with Gasteiger partial charge in [0.2, 0.25) is 10.0 Å². The highest BCUT2D eigenvalue weighted by atomic mass is 32.2. The lowest BCUT2D eigenvalue weighted by Crippen LogP contribution is -2.29. The predicted molar refractivity (Wildman–Crippen MR) is 98.3 cm³/mol. The van der Waals surface area contributed by atoms with E-state index in [9.17, 15) is 22.8 Å². The van der Waals surface area contributed by atoms with E-state index in [2.05, 4.69) is 10.0 Å². The van der Waals surface area contributed by atoms with Gasteiger partial charge in [0, 0.05) is 12.6 Å². The second-order valence-electron chi connectivity index (χ2n) is 5.99. The fourth-order valence-electron chi connectivity index (χ4n) is 2.86. The van der Waals surface area contributed by atoms with Crippen LogP contribution in [0.1, 0.15) is 40.5 Å². The third-order valence-corrected chi connectivity index (χ3v) is 5.68. The number of hydrogen-bond acceptors (Lipinski definition) is 6. The largest absolute Gasteiger partial charge is 0.384 e. The topological polar surface area (TPSA) is 140 Å². The number of unbranched alkanes of at least 4 members (excludes halogenated alkanes) is 1. The minimum absolute atomic E-state index is 0.000975. The molecule has 2 amide bonds. The van der Waals surface area contributed by atoms with Crippen LogP contribution in [-0.4, -0.2) is 31.3 Å². The highest BCUT2D eigenvalue weighted by Crippen LogP contribution is 2.26. The van der Waals surface area contributed by atoms with Crippen LogP contribution in [0.15, 0.2) is 40.0 Å². The number of pyridine rings is 1. The summed E-state index contributed by atoms with van der Waals surface area (Å²) in [5.41, 5.74) is 5.00. The van der Waals surface area contributed by atoms with E-state index in [0.717, 1.165) is 17.1 Å². The molecule has 2 aromatic rings. The van der Waals surface area contributed by atoms with Crippen LogP contribution >= 0.6 is 0 Å². The number of para-hydroxylation sites is 1. The summed E-state index contributed by atoms with van der Waals surface area (Å²) in [6.45, 7) is 2.18. The quantitative estimate of drug-likeness (QED) is 0.481. The molecule has 1 aliphatic rings. The smallest absolute Gasteiger partial charge is 0.262 e. The van der Waals surface area contributed by atoms with Crippen molar-refractivity contribution in [2.75, 3.05) is 12.3 Å². The molecule has 4 N–H and O–H groups in total. The summed E-state index contributed by atoms with van der Waals surface area (Å²) in [4.78, 5) is 36.2. The number of anilines is 1. The number of fused-ring (bicyclic) bond motifs is 1. The van der Waals surface area contributed by atoms with Crippen molar-refractivity contribution in [3.05, 3.63) is 51.8 Å². The van der Waals surface area contributed by atoms with Crippen molar-refractivity contribution in [2.24, 2.45) is 0 Å². The fraction of sp³-hybridized carbons (Fsp3) is 0.235.